The first-order valence-electron chi connectivity index (χ1n) is 7.52. The summed E-state index contributed by atoms with van der Waals surface area (Å²) in [5.74, 6) is 1.34. The first kappa shape index (κ1) is 15.5. The third kappa shape index (κ3) is 4.28. The van der Waals surface area contributed by atoms with E-state index in [9.17, 15) is 4.79 Å². The molecule has 0 radical (unpaired) electrons. The number of carbonyl (C=O) groups is 1. The van der Waals surface area contributed by atoms with Crippen molar-refractivity contribution in [3.05, 3.63) is 24.3 Å². The van der Waals surface area contributed by atoms with Crippen LogP contribution in [0.1, 0.15) is 13.8 Å². The lowest BCUT2D eigenvalue weighted by molar-refractivity contribution is 0.193. The summed E-state index contributed by atoms with van der Waals surface area (Å²) in [6.45, 7) is 8.13. The number of nitrogens with zero attached hydrogens (tertiary/aromatic N) is 2. The highest BCUT2D eigenvalue weighted by molar-refractivity contribution is 5.74. The molecule has 5 heteroatoms. The molecule has 2 rings (SSSR count). The van der Waals surface area contributed by atoms with Crippen molar-refractivity contribution in [1.82, 2.24) is 10.2 Å². The van der Waals surface area contributed by atoms with Crippen molar-refractivity contribution < 1.29 is 9.53 Å². The third-order valence-electron chi connectivity index (χ3n) is 3.65. The highest BCUT2D eigenvalue weighted by atomic mass is 16.5. The molecular formula is C16H25N3O2. The molecule has 1 saturated heterocycles. The minimum Gasteiger partial charge on any atom is -0.497 e. The minimum absolute atomic E-state index is 0.0500. The van der Waals surface area contributed by atoms with Gasteiger partial charge < -0.3 is 19.9 Å². The Hall–Kier alpha value is -1.91. The van der Waals surface area contributed by atoms with Gasteiger partial charge in [-0.3, -0.25) is 0 Å². The SMILES string of the molecule is COc1cccc(N2CCN(C(=O)NCC(C)C)CC2)c1. The van der Waals surface area contributed by atoms with Gasteiger partial charge in [0.15, 0.2) is 0 Å². The Morgan fingerprint density at radius 1 is 1.29 bits per heavy atom. The first-order chi connectivity index (χ1) is 10.1. The number of anilines is 1. The van der Waals surface area contributed by atoms with Gasteiger partial charge in [0.05, 0.1) is 7.11 Å². The lowest BCUT2D eigenvalue weighted by atomic mass is 10.2. The van der Waals surface area contributed by atoms with Crippen molar-refractivity contribution in [2.75, 3.05) is 44.7 Å². The fourth-order valence-corrected chi connectivity index (χ4v) is 2.38. The molecule has 1 N–H and O–H groups in total. The van der Waals surface area contributed by atoms with Crippen molar-refractivity contribution in [3.63, 3.8) is 0 Å². The molecule has 1 aliphatic heterocycles. The summed E-state index contributed by atoms with van der Waals surface area (Å²) in [5, 5.41) is 2.97. The number of nitrogens with one attached hydrogen (secondary N) is 1. The molecule has 1 heterocycles. The quantitative estimate of drug-likeness (QED) is 0.925. The number of hydrogen-bond donors (Lipinski definition) is 1. The standard InChI is InChI=1S/C16H25N3O2/c1-13(2)12-17-16(20)19-9-7-18(8-10-19)14-5-4-6-15(11-14)21-3/h4-6,11,13H,7-10,12H2,1-3H3,(H,17,20). The topological polar surface area (TPSA) is 44.8 Å². The fraction of sp³-hybridized carbons (Fsp3) is 0.562. The molecule has 0 spiro atoms. The number of methoxy groups -OCH3 is 1. The molecule has 0 aliphatic carbocycles. The highest BCUT2D eigenvalue weighted by Gasteiger charge is 2.21. The van der Waals surface area contributed by atoms with Crippen LogP contribution < -0.4 is 15.0 Å². The largest absolute Gasteiger partial charge is 0.497 e. The zero-order valence-corrected chi connectivity index (χ0v) is 13.1. The zero-order chi connectivity index (χ0) is 15.2. The Balaban J connectivity index is 1.86. The van der Waals surface area contributed by atoms with E-state index in [0.717, 1.165) is 44.2 Å². The van der Waals surface area contributed by atoms with E-state index in [1.807, 2.05) is 23.1 Å². The van der Waals surface area contributed by atoms with Crippen molar-refractivity contribution in [2.24, 2.45) is 5.92 Å². The molecule has 0 atom stereocenters. The predicted octanol–water partition coefficient (Wildman–Crippen LogP) is 2.18. The average Bonchev–Trinajstić information content (AvgIpc) is 2.52. The Morgan fingerprint density at radius 3 is 2.62 bits per heavy atom. The van der Waals surface area contributed by atoms with Gasteiger partial charge >= 0.3 is 6.03 Å². The second kappa shape index (κ2) is 7.20. The van der Waals surface area contributed by atoms with E-state index in [2.05, 4.69) is 30.1 Å². The summed E-state index contributed by atoms with van der Waals surface area (Å²) in [7, 11) is 1.68. The number of urea groups is 1. The Morgan fingerprint density at radius 2 is 2.00 bits per heavy atom. The molecule has 1 aromatic rings. The highest BCUT2D eigenvalue weighted by Crippen LogP contribution is 2.22. The third-order valence-corrected chi connectivity index (χ3v) is 3.65. The molecule has 116 valence electrons. The molecule has 21 heavy (non-hydrogen) atoms. The zero-order valence-electron chi connectivity index (χ0n) is 13.1. The second-order valence-corrected chi connectivity index (χ2v) is 5.76. The minimum atomic E-state index is 0.0500. The molecule has 2 amide bonds. The van der Waals surface area contributed by atoms with Crippen LogP contribution in [0.5, 0.6) is 5.75 Å². The van der Waals surface area contributed by atoms with Crippen LogP contribution in [0.3, 0.4) is 0 Å². The van der Waals surface area contributed by atoms with E-state index < -0.39 is 0 Å². The number of piperazine rings is 1. The number of rotatable bonds is 4. The summed E-state index contributed by atoms with van der Waals surface area (Å²) >= 11 is 0. The van der Waals surface area contributed by atoms with Gasteiger partial charge in [0.1, 0.15) is 5.75 Å². The van der Waals surface area contributed by atoms with Crippen LogP contribution in [0, 0.1) is 5.92 Å². The van der Waals surface area contributed by atoms with E-state index in [-0.39, 0.29) is 6.03 Å². The van der Waals surface area contributed by atoms with E-state index in [0.29, 0.717) is 5.92 Å². The summed E-state index contributed by atoms with van der Waals surface area (Å²) in [5.41, 5.74) is 1.15. The molecular weight excluding hydrogens is 266 g/mol. The monoisotopic (exact) mass is 291 g/mol. The van der Waals surface area contributed by atoms with Gasteiger partial charge in [0.2, 0.25) is 0 Å². The van der Waals surface area contributed by atoms with Gasteiger partial charge in [-0.25, -0.2) is 4.79 Å². The van der Waals surface area contributed by atoms with Crippen LogP contribution in [0.2, 0.25) is 0 Å². The molecule has 1 aromatic carbocycles. The Bertz CT molecular complexity index is 468. The van der Waals surface area contributed by atoms with Crippen LogP contribution in [0.25, 0.3) is 0 Å². The second-order valence-electron chi connectivity index (χ2n) is 5.76. The van der Waals surface area contributed by atoms with Crippen molar-refractivity contribution in [3.8, 4) is 5.75 Å². The van der Waals surface area contributed by atoms with E-state index in [1.54, 1.807) is 7.11 Å². The van der Waals surface area contributed by atoms with Gasteiger partial charge in [-0.2, -0.15) is 0 Å². The Kier molecular flexibility index (Phi) is 5.31. The first-order valence-corrected chi connectivity index (χ1v) is 7.52. The van der Waals surface area contributed by atoms with Gasteiger partial charge in [-0.1, -0.05) is 19.9 Å². The van der Waals surface area contributed by atoms with Crippen molar-refractivity contribution in [2.45, 2.75) is 13.8 Å². The summed E-state index contributed by atoms with van der Waals surface area (Å²) < 4.78 is 5.26. The number of amides is 2. The maximum Gasteiger partial charge on any atom is 0.317 e. The van der Waals surface area contributed by atoms with Crippen LogP contribution in [-0.2, 0) is 0 Å². The summed E-state index contributed by atoms with van der Waals surface area (Å²) in [6.07, 6.45) is 0. The van der Waals surface area contributed by atoms with Gasteiger partial charge in [-0.05, 0) is 18.1 Å². The van der Waals surface area contributed by atoms with Crippen LogP contribution in [0.15, 0.2) is 24.3 Å². The normalized spacial score (nSPS) is 15.2. The number of carbonyl (C=O) groups excluding carboxylic acids is 1. The van der Waals surface area contributed by atoms with Crippen molar-refractivity contribution in [1.29, 1.82) is 0 Å². The molecule has 1 fully saturated rings. The molecule has 0 unspecified atom stereocenters. The summed E-state index contributed by atoms with van der Waals surface area (Å²) in [4.78, 5) is 16.2. The number of benzene rings is 1. The van der Waals surface area contributed by atoms with Gasteiger partial charge in [-0.15, -0.1) is 0 Å². The molecule has 1 aliphatic rings. The smallest absolute Gasteiger partial charge is 0.317 e. The van der Waals surface area contributed by atoms with E-state index in [1.165, 1.54) is 0 Å². The molecule has 0 saturated carbocycles. The number of ether oxygens (including phenoxy) is 1. The van der Waals surface area contributed by atoms with Gasteiger partial charge in [0.25, 0.3) is 0 Å². The van der Waals surface area contributed by atoms with Crippen LogP contribution >= 0.6 is 0 Å². The number of hydrogen-bond acceptors (Lipinski definition) is 3. The molecule has 5 nitrogen and oxygen atoms in total. The predicted molar refractivity (Wildman–Crippen MR) is 85.0 cm³/mol. The maximum atomic E-state index is 12.0. The van der Waals surface area contributed by atoms with Crippen LogP contribution in [0.4, 0.5) is 10.5 Å². The van der Waals surface area contributed by atoms with Crippen molar-refractivity contribution >= 4 is 11.7 Å². The molecule has 0 bridgehead atoms. The lowest BCUT2D eigenvalue weighted by Gasteiger charge is -2.36. The molecule has 0 aromatic heterocycles. The van der Waals surface area contributed by atoms with E-state index >= 15 is 0 Å². The van der Waals surface area contributed by atoms with Crippen LogP contribution in [-0.4, -0.2) is 50.8 Å². The maximum absolute atomic E-state index is 12.0. The van der Waals surface area contributed by atoms with Gasteiger partial charge in [0, 0.05) is 44.5 Å². The average molecular weight is 291 g/mol. The lowest BCUT2D eigenvalue weighted by Crippen LogP contribution is -2.52. The fourth-order valence-electron chi connectivity index (χ4n) is 2.38. The summed E-state index contributed by atoms with van der Waals surface area (Å²) in [6, 6.07) is 8.11. The van der Waals surface area contributed by atoms with E-state index in [4.69, 9.17) is 4.74 Å². The Labute approximate surface area is 126 Å².